The Bertz CT molecular complexity index is 793. The number of hydrogen-bond acceptors (Lipinski definition) is 3. The van der Waals surface area contributed by atoms with Crippen LogP contribution in [0.25, 0.3) is 16.8 Å². The molecule has 21 heavy (non-hydrogen) atoms. The molecule has 5 heteroatoms. The molecule has 0 spiro atoms. The van der Waals surface area contributed by atoms with Crippen LogP contribution >= 0.6 is 11.8 Å². The zero-order valence-corrected chi connectivity index (χ0v) is 12.2. The number of carbonyl (C=O) groups excluding carboxylic acids is 1. The highest BCUT2D eigenvalue weighted by Gasteiger charge is 2.23. The fraction of sp³-hybridized carbons (Fsp3) is 0.0625. The van der Waals surface area contributed by atoms with Crippen molar-refractivity contribution in [2.75, 3.05) is 7.05 Å². The normalized spacial score (nSPS) is 19.0. The minimum Gasteiger partial charge on any atom is -0.300 e. The van der Waals surface area contributed by atoms with E-state index in [0.29, 0.717) is 10.1 Å². The van der Waals surface area contributed by atoms with Crippen molar-refractivity contribution < 1.29 is 4.79 Å². The van der Waals surface area contributed by atoms with Crippen LogP contribution in [0.2, 0.25) is 0 Å². The average molecular weight is 295 g/mol. The summed E-state index contributed by atoms with van der Waals surface area (Å²) in [6.07, 6.45) is 3.29. The molecule has 2 aromatic rings. The van der Waals surface area contributed by atoms with E-state index in [1.54, 1.807) is 7.05 Å². The van der Waals surface area contributed by atoms with E-state index in [0.717, 1.165) is 10.9 Å². The molecule has 0 saturated carbocycles. The van der Waals surface area contributed by atoms with Gasteiger partial charge in [0.05, 0.1) is 4.91 Å². The van der Waals surface area contributed by atoms with Crippen LogP contribution in [-0.4, -0.2) is 24.5 Å². The largest absolute Gasteiger partial charge is 0.300 e. The molecule has 1 aliphatic rings. The lowest BCUT2D eigenvalue weighted by molar-refractivity contribution is -0.115. The number of nitrogens with one attached hydrogen (secondary N) is 1. The van der Waals surface area contributed by atoms with E-state index in [1.807, 2.05) is 24.3 Å². The monoisotopic (exact) mass is 295 g/mol. The summed E-state index contributed by atoms with van der Waals surface area (Å²) in [4.78, 5) is 20.3. The highest BCUT2D eigenvalue weighted by Crippen LogP contribution is 2.26. The van der Waals surface area contributed by atoms with Gasteiger partial charge in [-0.2, -0.15) is 0 Å². The van der Waals surface area contributed by atoms with Crippen molar-refractivity contribution in [3.8, 4) is 0 Å². The fourth-order valence-corrected chi connectivity index (χ4v) is 2.84. The highest BCUT2D eigenvalue weighted by atomic mass is 32.2. The number of fused-ring (bicyclic) bond motifs is 1. The zero-order chi connectivity index (χ0) is 14.7. The van der Waals surface area contributed by atoms with Gasteiger partial charge in [-0.25, -0.2) is 4.99 Å². The second-order valence-electron chi connectivity index (χ2n) is 4.48. The number of thioether (sulfide) groups is 1. The van der Waals surface area contributed by atoms with Gasteiger partial charge in [-0.05, 0) is 40.2 Å². The van der Waals surface area contributed by atoms with Crippen molar-refractivity contribution in [1.82, 2.24) is 5.32 Å². The van der Waals surface area contributed by atoms with Gasteiger partial charge in [0.1, 0.15) is 6.34 Å². The van der Waals surface area contributed by atoms with Crippen LogP contribution < -0.4 is 5.32 Å². The molecule has 3 rings (SSSR count). The molecule has 4 nitrogen and oxygen atoms in total. The van der Waals surface area contributed by atoms with E-state index in [-0.39, 0.29) is 5.91 Å². The molecule has 1 aliphatic heterocycles. The Morgan fingerprint density at radius 3 is 2.76 bits per heavy atom. The van der Waals surface area contributed by atoms with E-state index in [2.05, 4.69) is 39.6 Å². The Balaban J connectivity index is 1.91. The van der Waals surface area contributed by atoms with Gasteiger partial charge < -0.3 is 5.32 Å². The summed E-state index contributed by atoms with van der Waals surface area (Å²) in [7, 11) is 1.64. The predicted molar refractivity (Wildman–Crippen MR) is 89.5 cm³/mol. The summed E-state index contributed by atoms with van der Waals surface area (Å²) in [5.41, 5.74) is 0.997. The van der Waals surface area contributed by atoms with Crippen LogP contribution in [0.3, 0.4) is 0 Å². The highest BCUT2D eigenvalue weighted by molar-refractivity contribution is 8.18. The lowest BCUT2D eigenvalue weighted by atomic mass is 10.1. The Kier molecular flexibility index (Phi) is 3.83. The van der Waals surface area contributed by atoms with Crippen molar-refractivity contribution in [2.45, 2.75) is 0 Å². The van der Waals surface area contributed by atoms with Crippen molar-refractivity contribution in [3.05, 3.63) is 52.9 Å². The second kappa shape index (κ2) is 5.93. The SMILES string of the molecule is CN=CN=C1NC(=O)/C(=C/c2ccc3ccccc3c2)S1. The number of amidine groups is 1. The van der Waals surface area contributed by atoms with Crippen LogP contribution in [0.5, 0.6) is 0 Å². The molecule has 0 atom stereocenters. The van der Waals surface area contributed by atoms with Gasteiger partial charge in [-0.15, -0.1) is 0 Å². The molecular formula is C16H13N3OS. The number of benzene rings is 2. The smallest absolute Gasteiger partial charge is 0.264 e. The van der Waals surface area contributed by atoms with Gasteiger partial charge in [-0.1, -0.05) is 36.4 Å². The molecule has 1 heterocycles. The maximum Gasteiger partial charge on any atom is 0.264 e. The van der Waals surface area contributed by atoms with Crippen molar-refractivity contribution in [1.29, 1.82) is 0 Å². The average Bonchev–Trinajstić information content (AvgIpc) is 2.85. The number of hydrogen-bond donors (Lipinski definition) is 1. The zero-order valence-electron chi connectivity index (χ0n) is 11.4. The van der Waals surface area contributed by atoms with E-state index in [1.165, 1.54) is 23.5 Å². The molecule has 0 unspecified atom stereocenters. The van der Waals surface area contributed by atoms with Gasteiger partial charge in [-0.3, -0.25) is 9.79 Å². The molecule has 0 aromatic heterocycles. The lowest BCUT2D eigenvalue weighted by Gasteiger charge is -1.99. The first-order chi connectivity index (χ1) is 10.3. The molecular weight excluding hydrogens is 282 g/mol. The van der Waals surface area contributed by atoms with E-state index in [9.17, 15) is 4.79 Å². The van der Waals surface area contributed by atoms with Crippen molar-refractivity contribution >= 4 is 46.0 Å². The number of rotatable bonds is 2. The fourth-order valence-electron chi connectivity index (χ4n) is 2.05. The Hall–Kier alpha value is -2.40. The molecule has 0 radical (unpaired) electrons. The predicted octanol–water partition coefficient (Wildman–Crippen LogP) is 3.06. The van der Waals surface area contributed by atoms with E-state index < -0.39 is 0 Å². The van der Waals surface area contributed by atoms with Crippen LogP contribution in [-0.2, 0) is 4.79 Å². The van der Waals surface area contributed by atoms with Crippen molar-refractivity contribution in [3.63, 3.8) is 0 Å². The van der Waals surface area contributed by atoms with Crippen LogP contribution in [0.15, 0.2) is 57.4 Å². The van der Waals surface area contributed by atoms with Gasteiger partial charge >= 0.3 is 0 Å². The lowest BCUT2D eigenvalue weighted by Crippen LogP contribution is -2.19. The summed E-state index contributed by atoms with van der Waals surface area (Å²) in [6.45, 7) is 0. The van der Waals surface area contributed by atoms with Gasteiger partial charge in [0.2, 0.25) is 0 Å². The number of amides is 1. The second-order valence-corrected chi connectivity index (χ2v) is 5.51. The number of nitrogens with zero attached hydrogens (tertiary/aromatic N) is 2. The molecule has 104 valence electrons. The van der Waals surface area contributed by atoms with Gasteiger partial charge in [0, 0.05) is 7.05 Å². The molecule has 0 aliphatic carbocycles. The minimum absolute atomic E-state index is 0.128. The molecule has 1 saturated heterocycles. The van der Waals surface area contributed by atoms with Crippen molar-refractivity contribution in [2.24, 2.45) is 9.98 Å². The van der Waals surface area contributed by atoms with Crippen LogP contribution in [0.1, 0.15) is 5.56 Å². The Morgan fingerprint density at radius 2 is 1.95 bits per heavy atom. The Labute approximate surface area is 126 Å². The summed E-state index contributed by atoms with van der Waals surface area (Å²) in [6, 6.07) is 14.3. The van der Waals surface area contributed by atoms with Crippen LogP contribution in [0.4, 0.5) is 0 Å². The minimum atomic E-state index is -0.128. The summed E-state index contributed by atoms with van der Waals surface area (Å²) in [5.74, 6) is -0.128. The van der Waals surface area contributed by atoms with Gasteiger partial charge in [0.15, 0.2) is 5.17 Å². The van der Waals surface area contributed by atoms with Crippen LogP contribution in [0, 0.1) is 0 Å². The third kappa shape index (κ3) is 3.03. The summed E-state index contributed by atoms with van der Waals surface area (Å²) >= 11 is 1.32. The maximum atomic E-state index is 11.9. The molecule has 1 fully saturated rings. The third-order valence-corrected chi connectivity index (χ3v) is 3.94. The quantitative estimate of drug-likeness (QED) is 0.526. The molecule has 2 aromatic carbocycles. The first-order valence-electron chi connectivity index (χ1n) is 6.44. The molecule has 1 amide bonds. The first-order valence-corrected chi connectivity index (χ1v) is 7.26. The topological polar surface area (TPSA) is 53.8 Å². The third-order valence-electron chi connectivity index (χ3n) is 3.01. The van der Waals surface area contributed by atoms with E-state index in [4.69, 9.17) is 0 Å². The Morgan fingerprint density at radius 1 is 1.14 bits per heavy atom. The standard InChI is InChI=1S/C16H13N3OS/c1-17-10-18-16-19-15(20)14(21-16)9-11-6-7-12-4-2-3-5-13(12)8-11/h2-10H,1H3,(H,17,18,19,20)/b14-9-. The molecule has 1 N–H and O–H groups in total. The number of aliphatic imine (C=N–C) groups is 2. The maximum absolute atomic E-state index is 11.9. The first kappa shape index (κ1) is 13.6. The van der Waals surface area contributed by atoms with E-state index >= 15 is 0 Å². The molecule has 0 bridgehead atoms. The van der Waals surface area contributed by atoms with Gasteiger partial charge in [0.25, 0.3) is 5.91 Å². The number of carbonyl (C=O) groups is 1. The summed E-state index contributed by atoms with van der Waals surface area (Å²) < 4.78 is 0. The summed E-state index contributed by atoms with van der Waals surface area (Å²) in [5, 5.41) is 5.60.